The number of benzene rings is 2. The summed E-state index contributed by atoms with van der Waals surface area (Å²) in [6.45, 7) is 1.84. The minimum atomic E-state index is -0.818. The molecule has 166 valence electrons. The number of Topliss-reactive ketones (excluding diaryl/α,β-unsaturated/α-hetero) is 1. The van der Waals surface area contributed by atoms with E-state index in [2.05, 4.69) is 4.90 Å². The second kappa shape index (κ2) is 10.5. The maximum atomic E-state index is 12.2. The molecule has 2 heterocycles. The molecule has 0 radical (unpaired) electrons. The Kier molecular flexibility index (Phi) is 7.48. The van der Waals surface area contributed by atoms with Crippen LogP contribution in [0.4, 0.5) is 0 Å². The predicted molar refractivity (Wildman–Crippen MR) is 116 cm³/mol. The molecular formula is C25H31NO5. The normalized spacial score (nSPS) is 29.0. The maximum Gasteiger partial charge on any atom is 0.135 e. The number of nitrogens with zero attached hydrogens (tertiary/aromatic N) is 1. The zero-order valence-corrected chi connectivity index (χ0v) is 17.9. The first kappa shape index (κ1) is 22.1. The summed E-state index contributed by atoms with van der Waals surface area (Å²) >= 11 is 0. The Hall–Kier alpha value is -2.09. The van der Waals surface area contributed by atoms with Gasteiger partial charge < -0.3 is 19.3 Å². The van der Waals surface area contributed by atoms with Gasteiger partial charge in [-0.3, -0.25) is 9.69 Å². The van der Waals surface area contributed by atoms with Crippen molar-refractivity contribution in [3.8, 4) is 0 Å². The van der Waals surface area contributed by atoms with Gasteiger partial charge in [-0.05, 0) is 11.1 Å². The van der Waals surface area contributed by atoms with Crippen LogP contribution in [0.2, 0.25) is 0 Å². The summed E-state index contributed by atoms with van der Waals surface area (Å²) in [6, 6.07) is 19.5. The lowest BCUT2D eigenvalue weighted by molar-refractivity contribution is -0.217. The van der Waals surface area contributed by atoms with Crippen LogP contribution in [-0.2, 0) is 32.2 Å². The molecule has 2 aromatic rings. The highest BCUT2D eigenvalue weighted by molar-refractivity contribution is 5.80. The number of fused-ring (bicyclic) bond motifs is 1. The van der Waals surface area contributed by atoms with Crippen molar-refractivity contribution in [3.63, 3.8) is 0 Å². The van der Waals surface area contributed by atoms with Crippen LogP contribution in [-0.4, -0.2) is 66.4 Å². The lowest BCUT2D eigenvalue weighted by atomic mass is 9.82. The standard InChI is InChI=1S/C25H31NO5/c1-29-17-22-24(30-15-18-8-4-2-5-9-18)25(31-16-19-10-6-3-7-11-19)23(28)21-14-20(27)12-13-26(21)22/h2-11,21-25,28H,12-17H2,1H3. The number of ether oxygens (including phenoxy) is 3. The fourth-order valence-electron chi connectivity index (χ4n) is 4.72. The molecule has 5 atom stereocenters. The van der Waals surface area contributed by atoms with Crippen LogP contribution in [0, 0.1) is 0 Å². The smallest absolute Gasteiger partial charge is 0.135 e. The summed E-state index contributed by atoms with van der Waals surface area (Å²) in [7, 11) is 1.67. The van der Waals surface area contributed by atoms with Gasteiger partial charge in [0.05, 0.1) is 32.0 Å². The molecule has 2 aliphatic rings. The van der Waals surface area contributed by atoms with E-state index in [0.717, 1.165) is 11.1 Å². The first-order valence-corrected chi connectivity index (χ1v) is 10.9. The van der Waals surface area contributed by atoms with Gasteiger partial charge in [-0.1, -0.05) is 60.7 Å². The van der Waals surface area contributed by atoms with E-state index in [4.69, 9.17) is 14.2 Å². The van der Waals surface area contributed by atoms with Gasteiger partial charge in [0, 0.05) is 32.5 Å². The van der Waals surface area contributed by atoms with Gasteiger partial charge in [-0.15, -0.1) is 0 Å². The van der Waals surface area contributed by atoms with Crippen LogP contribution in [0.1, 0.15) is 24.0 Å². The van der Waals surface area contributed by atoms with E-state index in [9.17, 15) is 9.90 Å². The van der Waals surface area contributed by atoms with Crippen molar-refractivity contribution in [2.75, 3.05) is 20.3 Å². The summed E-state index contributed by atoms with van der Waals surface area (Å²) < 4.78 is 18.2. The molecule has 0 spiro atoms. The van der Waals surface area contributed by atoms with Crippen molar-refractivity contribution in [2.45, 2.75) is 56.5 Å². The molecule has 0 aromatic heterocycles. The van der Waals surface area contributed by atoms with Crippen molar-refractivity contribution in [2.24, 2.45) is 0 Å². The Labute approximate surface area is 183 Å². The third-order valence-corrected chi connectivity index (χ3v) is 6.28. The zero-order chi connectivity index (χ0) is 21.6. The van der Waals surface area contributed by atoms with E-state index in [1.165, 1.54) is 0 Å². The van der Waals surface area contributed by atoms with Crippen LogP contribution in [0.15, 0.2) is 60.7 Å². The predicted octanol–water partition coefficient (Wildman–Crippen LogP) is 2.58. The molecule has 31 heavy (non-hydrogen) atoms. The second-order valence-electron chi connectivity index (χ2n) is 8.33. The number of ketones is 1. The molecule has 1 N–H and O–H groups in total. The molecule has 5 unspecified atom stereocenters. The van der Waals surface area contributed by atoms with Crippen molar-refractivity contribution >= 4 is 5.78 Å². The fraction of sp³-hybridized carbons (Fsp3) is 0.480. The van der Waals surface area contributed by atoms with Gasteiger partial charge in [-0.25, -0.2) is 0 Å². The molecule has 2 fully saturated rings. The Morgan fingerprint density at radius 1 is 0.935 bits per heavy atom. The lowest BCUT2D eigenvalue weighted by Crippen LogP contribution is -2.70. The van der Waals surface area contributed by atoms with Crippen molar-refractivity contribution in [1.29, 1.82) is 0 Å². The van der Waals surface area contributed by atoms with Crippen LogP contribution in [0.5, 0.6) is 0 Å². The third-order valence-electron chi connectivity index (χ3n) is 6.28. The summed E-state index contributed by atoms with van der Waals surface area (Å²) in [6.07, 6.45) is -0.941. The van der Waals surface area contributed by atoms with Crippen molar-refractivity contribution < 1.29 is 24.1 Å². The SMILES string of the molecule is COCC1C(OCc2ccccc2)C(OCc2ccccc2)C(O)C2CC(=O)CCN21. The summed E-state index contributed by atoms with van der Waals surface area (Å²) in [5, 5.41) is 11.3. The zero-order valence-electron chi connectivity index (χ0n) is 17.9. The Morgan fingerprint density at radius 2 is 1.52 bits per heavy atom. The Balaban J connectivity index is 1.58. The highest BCUT2D eigenvalue weighted by Gasteiger charge is 2.51. The van der Waals surface area contributed by atoms with Gasteiger partial charge >= 0.3 is 0 Å². The molecule has 2 saturated heterocycles. The average molecular weight is 426 g/mol. The van der Waals surface area contributed by atoms with Gasteiger partial charge in [0.1, 0.15) is 18.0 Å². The minimum Gasteiger partial charge on any atom is -0.389 e. The van der Waals surface area contributed by atoms with Gasteiger partial charge in [0.2, 0.25) is 0 Å². The average Bonchev–Trinajstić information content (AvgIpc) is 2.80. The highest BCUT2D eigenvalue weighted by atomic mass is 16.6. The molecule has 2 aliphatic heterocycles. The number of rotatable bonds is 8. The van der Waals surface area contributed by atoms with E-state index in [0.29, 0.717) is 39.2 Å². The topological polar surface area (TPSA) is 68.2 Å². The molecule has 6 nitrogen and oxygen atoms in total. The number of piperidine rings is 2. The largest absolute Gasteiger partial charge is 0.389 e. The van der Waals surface area contributed by atoms with Gasteiger partial charge in [0.15, 0.2) is 0 Å². The highest BCUT2D eigenvalue weighted by Crippen LogP contribution is 2.34. The first-order chi connectivity index (χ1) is 15.2. The minimum absolute atomic E-state index is 0.101. The Morgan fingerprint density at radius 3 is 2.10 bits per heavy atom. The van der Waals surface area contributed by atoms with E-state index < -0.39 is 12.2 Å². The quantitative estimate of drug-likeness (QED) is 0.701. The van der Waals surface area contributed by atoms with Crippen LogP contribution in [0.3, 0.4) is 0 Å². The van der Waals surface area contributed by atoms with Crippen LogP contribution < -0.4 is 0 Å². The molecule has 0 aliphatic carbocycles. The maximum absolute atomic E-state index is 12.2. The van der Waals surface area contributed by atoms with E-state index in [1.807, 2.05) is 60.7 Å². The van der Waals surface area contributed by atoms with E-state index >= 15 is 0 Å². The summed E-state index contributed by atoms with van der Waals surface area (Å²) in [5.74, 6) is 0.182. The monoisotopic (exact) mass is 425 g/mol. The molecule has 6 heteroatoms. The molecule has 0 amide bonds. The number of carbonyl (C=O) groups is 1. The van der Waals surface area contributed by atoms with E-state index in [1.54, 1.807) is 7.11 Å². The number of carbonyl (C=O) groups excluding carboxylic acids is 1. The number of aliphatic hydroxyl groups excluding tert-OH is 1. The molecule has 2 aromatic carbocycles. The third kappa shape index (κ3) is 5.22. The second-order valence-corrected chi connectivity index (χ2v) is 8.33. The number of aliphatic hydroxyl groups is 1. The molecule has 0 bridgehead atoms. The van der Waals surface area contributed by atoms with Crippen molar-refractivity contribution in [1.82, 2.24) is 4.90 Å². The van der Waals surface area contributed by atoms with Crippen molar-refractivity contribution in [3.05, 3.63) is 71.8 Å². The number of hydrogen-bond acceptors (Lipinski definition) is 6. The molecule has 4 rings (SSSR count). The molecular weight excluding hydrogens is 394 g/mol. The van der Waals surface area contributed by atoms with Gasteiger partial charge in [0.25, 0.3) is 0 Å². The van der Waals surface area contributed by atoms with Crippen LogP contribution >= 0.6 is 0 Å². The molecule has 0 saturated carbocycles. The summed E-state index contributed by atoms with van der Waals surface area (Å²) in [5.41, 5.74) is 2.09. The number of hydrogen-bond donors (Lipinski definition) is 1. The summed E-state index contributed by atoms with van der Waals surface area (Å²) in [4.78, 5) is 14.4. The van der Waals surface area contributed by atoms with Gasteiger partial charge in [-0.2, -0.15) is 0 Å². The number of methoxy groups -OCH3 is 1. The van der Waals surface area contributed by atoms with Crippen LogP contribution in [0.25, 0.3) is 0 Å². The Bertz CT molecular complexity index is 830. The fourth-order valence-corrected chi connectivity index (χ4v) is 4.72. The lowest BCUT2D eigenvalue weighted by Gasteiger charge is -2.53. The van der Waals surface area contributed by atoms with E-state index in [-0.39, 0.29) is 24.0 Å². The first-order valence-electron chi connectivity index (χ1n) is 10.9.